The van der Waals surface area contributed by atoms with Gasteiger partial charge in [-0.1, -0.05) is 12.1 Å². The summed E-state index contributed by atoms with van der Waals surface area (Å²) in [5.41, 5.74) is 1.44. The van der Waals surface area contributed by atoms with Gasteiger partial charge in [-0.05, 0) is 76.5 Å². The van der Waals surface area contributed by atoms with Gasteiger partial charge in [0.05, 0.1) is 24.2 Å². The van der Waals surface area contributed by atoms with Crippen LogP contribution in [0.4, 0.5) is 10.2 Å². The number of halogens is 1. The largest absolute Gasteiger partial charge is 0.474 e. The number of nitrogens with zero attached hydrogens (tertiary/aromatic N) is 5. The van der Waals surface area contributed by atoms with Gasteiger partial charge in [0.25, 0.3) is 5.91 Å². The third-order valence-electron chi connectivity index (χ3n) is 7.19. The molecule has 1 amide bonds. The Balaban J connectivity index is 1.36. The van der Waals surface area contributed by atoms with Crippen molar-refractivity contribution in [2.45, 2.75) is 43.7 Å². The van der Waals surface area contributed by atoms with Gasteiger partial charge < -0.3 is 15.0 Å². The van der Waals surface area contributed by atoms with Crippen LogP contribution in [0, 0.1) is 5.82 Å². The molecule has 10 nitrogen and oxygen atoms in total. The zero-order valence-corrected chi connectivity index (χ0v) is 24.7. The molecule has 0 aliphatic carbocycles. The van der Waals surface area contributed by atoms with E-state index in [1.54, 1.807) is 24.7 Å². The average molecular weight is 593 g/mol. The first-order valence-electron chi connectivity index (χ1n) is 13.7. The first-order valence-corrected chi connectivity index (χ1v) is 15.1. The van der Waals surface area contributed by atoms with Crippen LogP contribution >= 0.6 is 0 Å². The van der Waals surface area contributed by atoms with Crippen molar-refractivity contribution in [1.82, 2.24) is 24.2 Å². The van der Waals surface area contributed by atoms with Crippen molar-refractivity contribution < 1.29 is 22.3 Å². The van der Waals surface area contributed by atoms with E-state index in [9.17, 15) is 17.6 Å². The molecule has 1 aliphatic rings. The highest BCUT2D eigenvalue weighted by molar-refractivity contribution is 7.89. The Morgan fingerprint density at radius 1 is 1.05 bits per heavy atom. The number of hydrogen-bond donors (Lipinski definition) is 1. The van der Waals surface area contributed by atoms with Crippen molar-refractivity contribution in [2.75, 3.05) is 32.5 Å². The monoisotopic (exact) mass is 592 g/mol. The summed E-state index contributed by atoms with van der Waals surface area (Å²) in [7, 11) is -0.206. The second-order valence-electron chi connectivity index (χ2n) is 10.7. The van der Waals surface area contributed by atoms with Gasteiger partial charge in [0.1, 0.15) is 16.5 Å². The first kappa shape index (κ1) is 29.5. The van der Waals surface area contributed by atoms with Crippen LogP contribution in [-0.2, 0) is 10.0 Å². The molecule has 12 heteroatoms. The minimum absolute atomic E-state index is 0.00559. The lowest BCUT2D eigenvalue weighted by atomic mass is 10.1. The van der Waals surface area contributed by atoms with E-state index in [0.717, 1.165) is 28.5 Å². The molecule has 220 valence electrons. The van der Waals surface area contributed by atoms with E-state index in [4.69, 9.17) is 4.74 Å². The average Bonchev–Trinajstić information content (AvgIpc) is 2.96. The van der Waals surface area contributed by atoms with E-state index in [1.807, 2.05) is 46.1 Å². The third kappa shape index (κ3) is 6.40. The molecular weight excluding hydrogens is 559 g/mol. The number of rotatable bonds is 8. The number of benzene rings is 2. The Morgan fingerprint density at radius 3 is 2.52 bits per heavy atom. The second kappa shape index (κ2) is 12.1. The highest BCUT2D eigenvalue weighted by Crippen LogP contribution is 2.27. The number of carbonyl (C=O) groups is 1. The maximum absolute atomic E-state index is 14.8. The standard InChI is InChI=1S/C30H33FN6O4S/c1-19(2)41-29-18-32-17-26(34-29)20-5-6-22-16-33-28(15-23(22)13-20)35-30(38)21-7-8-25(31)27(14-21)42(39,40)37-11-9-24(10-12-37)36(3)4/h5-8,13-19,24H,9-12H2,1-4H3,(H,33,35,38). The second-order valence-corrected chi connectivity index (χ2v) is 12.6. The Labute approximate surface area is 244 Å². The van der Waals surface area contributed by atoms with Crippen LogP contribution in [0.15, 0.2) is 66.0 Å². The molecule has 42 heavy (non-hydrogen) atoms. The van der Waals surface area contributed by atoms with E-state index < -0.39 is 26.6 Å². The van der Waals surface area contributed by atoms with Gasteiger partial charge in [-0.25, -0.2) is 22.8 Å². The SMILES string of the molecule is CC(C)Oc1cncc(-c2ccc3cnc(NC(=O)c4ccc(F)c(S(=O)(=O)N5CCC(N(C)C)CC5)c4)cc3c2)n1. The smallest absolute Gasteiger partial charge is 0.256 e. The van der Waals surface area contributed by atoms with Gasteiger partial charge in [0, 0.05) is 41.8 Å². The van der Waals surface area contributed by atoms with Crippen LogP contribution in [-0.4, -0.2) is 77.8 Å². The topological polar surface area (TPSA) is 118 Å². The zero-order valence-electron chi connectivity index (χ0n) is 23.9. The summed E-state index contributed by atoms with van der Waals surface area (Å²) in [6.45, 7) is 4.39. The number of aromatic nitrogens is 3. The number of amides is 1. The summed E-state index contributed by atoms with van der Waals surface area (Å²) < 4.78 is 48.3. The minimum Gasteiger partial charge on any atom is -0.474 e. The van der Waals surface area contributed by atoms with Crippen molar-refractivity contribution in [2.24, 2.45) is 0 Å². The lowest BCUT2D eigenvalue weighted by Crippen LogP contribution is -2.44. The molecule has 4 aromatic rings. The van der Waals surface area contributed by atoms with Crippen molar-refractivity contribution >= 4 is 32.5 Å². The molecule has 5 rings (SSSR count). The molecule has 0 spiro atoms. The molecule has 0 bridgehead atoms. The maximum Gasteiger partial charge on any atom is 0.256 e. The lowest BCUT2D eigenvalue weighted by molar-refractivity contribution is 0.102. The molecule has 0 atom stereocenters. The van der Waals surface area contributed by atoms with Crippen LogP contribution in [0.3, 0.4) is 0 Å². The number of hydrogen-bond acceptors (Lipinski definition) is 8. The Bertz CT molecular complexity index is 1720. The van der Waals surface area contributed by atoms with Gasteiger partial charge in [-0.2, -0.15) is 4.31 Å². The van der Waals surface area contributed by atoms with E-state index in [0.29, 0.717) is 24.4 Å². The van der Waals surface area contributed by atoms with Crippen LogP contribution in [0.1, 0.15) is 37.0 Å². The molecule has 2 aromatic heterocycles. The van der Waals surface area contributed by atoms with Gasteiger partial charge in [-0.15, -0.1) is 0 Å². The summed E-state index contributed by atoms with van der Waals surface area (Å²) in [5.74, 6) is -0.829. The predicted octanol–water partition coefficient (Wildman–Crippen LogP) is 4.59. The van der Waals surface area contributed by atoms with Crippen LogP contribution in [0.5, 0.6) is 5.88 Å². The third-order valence-corrected chi connectivity index (χ3v) is 9.11. The molecular formula is C30H33FN6O4S. The zero-order chi connectivity index (χ0) is 30.0. The normalized spacial score (nSPS) is 14.9. The summed E-state index contributed by atoms with van der Waals surface area (Å²) in [4.78, 5) is 27.7. The van der Waals surface area contributed by atoms with E-state index in [1.165, 1.54) is 10.4 Å². The minimum atomic E-state index is -4.12. The van der Waals surface area contributed by atoms with Crippen molar-refractivity contribution in [3.8, 4) is 17.1 Å². The fourth-order valence-corrected chi connectivity index (χ4v) is 6.48. The number of anilines is 1. The van der Waals surface area contributed by atoms with E-state index in [-0.39, 0.29) is 36.6 Å². The first-order chi connectivity index (χ1) is 20.0. The molecule has 0 unspecified atom stereocenters. The predicted molar refractivity (Wildman–Crippen MR) is 158 cm³/mol. The summed E-state index contributed by atoms with van der Waals surface area (Å²) in [5, 5.41) is 4.33. The molecule has 3 heterocycles. The van der Waals surface area contributed by atoms with Gasteiger partial charge in [0.2, 0.25) is 15.9 Å². The summed E-state index contributed by atoms with van der Waals surface area (Å²) >= 11 is 0. The Kier molecular flexibility index (Phi) is 8.48. The van der Waals surface area contributed by atoms with E-state index >= 15 is 0 Å². The molecule has 0 radical (unpaired) electrons. The van der Waals surface area contributed by atoms with Gasteiger partial charge in [-0.3, -0.25) is 9.78 Å². The number of carbonyl (C=O) groups excluding carboxylic acids is 1. The lowest BCUT2D eigenvalue weighted by Gasteiger charge is -2.34. The number of fused-ring (bicyclic) bond motifs is 1. The van der Waals surface area contributed by atoms with Crippen LogP contribution in [0.25, 0.3) is 22.0 Å². The van der Waals surface area contributed by atoms with Gasteiger partial charge in [0.15, 0.2) is 0 Å². The van der Waals surface area contributed by atoms with Crippen molar-refractivity contribution in [3.05, 3.63) is 72.4 Å². The maximum atomic E-state index is 14.8. The van der Waals surface area contributed by atoms with Crippen LogP contribution in [0.2, 0.25) is 0 Å². The molecule has 1 N–H and O–H groups in total. The number of nitrogens with one attached hydrogen (secondary N) is 1. The number of ether oxygens (including phenoxy) is 1. The number of sulfonamides is 1. The Hall–Kier alpha value is -4.00. The molecule has 0 saturated carbocycles. The Morgan fingerprint density at radius 2 is 1.81 bits per heavy atom. The van der Waals surface area contributed by atoms with Crippen molar-refractivity contribution in [3.63, 3.8) is 0 Å². The number of pyridine rings is 1. The summed E-state index contributed by atoms with van der Waals surface area (Å²) in [6.07, 6.45) is 6.07. The number of piperidine rings is 1. The molecule has 1 fully saturated rings. The highest BCUT2D eigenvalue weighted by Gasteiger charge is 2.32. The fourth-order valence-electron chi connectivity index (χ4n) is 4.92. The highest BCUT2D eigenvalue weighted by atomic mass is 32.2. The fraction of sp³-hybridized carbons (Fsp3) is 0.333. The summed E-state index contributed by atoms with van der Waals surface area (Å²) in [6, 6.07) is 11.0. The molecule has 1 saturated heterocycles. The van der Waals surface area contributed by atoms with Crippen LogP contribution < -0.4 is 10.1 Å². The quantitative estimate of drug-likeness (QED) is 0.316. The van der Waals surface area contributed by atoms with Crippen molar-refractivity contribution in [1.29, 1.82) is 0 Å². The van der Waals surface area contributed by atoms with E-state index in [2.05, 4.69) is 25.2 Å². The molecule has 1 aliphatic heterocycles. The van der Waals surface area contributed by atoms with Gasteiger partial charge >= 0.3 is 0 Å². The molecule has 2 aromatic carbocycles.